The van der Waals surface area contributed by atoms with Gasteiger partial charge in [0.1, 0.15) is 37.6 Å². The van der Waals surface area contributed by atoms with E-state index < -0.39 is 51.1 Å². The smallest absolute Gasteiger partial charge is 0.407 e. The number of hydrogen-bond donors (Lipinski definition) is 4. The van der Waals surface area contributed by atoms with Gasteiger partial charge in [-0.05, 0) is 29.3 Å². The first-order valence-corrected chi connectivity index (χ1v) is 17.0. The molecule has 11 nitrogen and oxygen atoms in total. The standard InChI is InChI=1S/C30H44N2O9Si/c1-30(2,3)42(4,5)40-20-23-25(33)26(34)24(32-29(36)39-19-22-14-10-7-11-15-22)27(41-23)37-17-16-31-28(35)38-18-21-12-8-6-9-13-21/h6-15,23-27,33-34H,16-20H2,1-5H3,(H,31,35)(H,32,36)/t23-,24+,25-,26-,27+/m1/s1. The minimum absolute atomic E-state index is 0.0163. The van der Waals surface area contributed by atoms with Crippen LogP contribution in [0.3, 0.4) is 0 Å². The van der Waals surface area contributed by atoms with E-state index in [1.165, 1.54) is 0 Å². The summed E-state index contributed by atoms with van der Waals surface area (Å²) in [6.07, 6.45) is -6.32. The lowest BCUT2D eigenvalue weighted by molar-refractivity contribution is -0.268. The van der Waals surface area contributed by atoms with E-state index in [0.29, 0.717) is 0 Å². The molecule has 0 saturated carbocycles. The van der Waals surface area contributed by atoms with Crippen LogP contribution in [0.2, 0.25) is 18.1 Å². The first-order chi connectivity index (χ1) is 19.9. The monoisotopic (exact) mass is 604 g/mol. The molecule has 232 valence electrons. The quantitative estimate of drug-likeness (QED) is 0.211. The fraction of sp³-hybridized carbons (Fsp3) is 0.533. The number of hydrogen-bond acceptors (Lipinski definition) is 9. The van der Waals surface area contributed by atoms with Crippen LogP contribution in [-0.2, 0) is 36.6 Å². The van der Waals surface area contributed by atoms with Crippen LogP contribution in [0.15, 0.2) is 60.7 Å². The van der Waals surface area contributed by atoms with Crippen LogP contribution >= 0.6 is 0 Å². The molecule has 3 rings (SSSR count). The summed E-state index contributed by atoms with van der Waals surface area (Å²) < 4.78 is 28.6. The van der Waals surface area contributed by atoms with Crippen LogP contribution in [0.1, 0.15) is 31.9 Å². The van der Waals surface area contributed by atoms with Crippen molar-refractivity contribution in [3.8, 4) is 0 Å². The maximum atomic E-state index is 12.6. The number of alkyl carbamates (subject to hydrolysis) is 2. The summed E-state index contributed by atoms with van der Waals surface area (Å²) in [6, 6.07) is 17.3. The Labute approximate surface area is 248 Å². The molecule has 1 aliphatic rings. The Bertz CT molecular complexity index is 1110. The van der Waals surface area contributed by atoms with Gasteiger partial charge in [-0.15, -0.1) is 0 Å². The van der Waals surface area contributed by atoms with Crippen LogP contribution in [0.5, 0.6) is 0 Å². The molecular formula is C30H44N2O9Si. The number of nitrogens with one attached hydrogen (secondary N) is 2. The number of aliphatic hydroxyl groups is 2. The van der Waals surface area contributed by atoms with Crippen molar-refractivity contribution in [2.75, 3.05) is 19.8 Å². The first kappa shape index (κ1) is 33.5. The topological polar surface area (TPSA) is 145 Å². The molecule has 1 fully saturated rings. The normalized spacial score (nSPS) is 22.7. The van der Waals surface area contributed by atoms with Crippen LogP contribution in [-0.4, -0.2) is 81.1 Å². The van der Waals surface area contributed by atoms with E-state index in [2.05, 4.69) is 44.5 Å². The minimum atomic E-state index is -2.19. The molecule has 1 saturated heterocycles. The zero-order valence-electron chi connectivity index (χ0n) is 24.9. The lowest BCUT2D eigenvalue weighted by atomic mass is 9.97. The van der Waals surface area contributed by atoms with Crippen LogP contribution < -0.4 is 10.6 Å². The molecule has 1 heterocycles. The largest absolute Gasteiger partial charge is 0.445 e. The molecule has 2 aromatic rings. The fourth-order valence-electron chi connectivity index (χ4n) is 3.88. The number of amides is 2. The summed E-state index contributed by atoms with van der Waals surface area (Å²) >= 11 is 0. The van der Waals surface area contributed by atoms with Crippen molar-refractivity contribution >= 4 is 20.5 Å². The highest BCUT2D eigenvalue weighted by molar-refractivity contribution is 6.74. The van der Waals surface area contributed by atoms with E-state index in [4.69, 9.17) is 23.4 Å². The van der Waals surface area contributed by atoms with Gasteiger partial charge < -0.3 is 44.2 Å². The van der Waals surface area contributed by atoms with E-state index in [1.807, 2.05) is 60.7 Å². The average molecular weight is 605 g/mol. The maximum absolute atomic E-state index is 12.6. The van der Waals surface area contributed by atoms with Crippen molar-refractivity contribution in [2.45, 2.75) is 82.8 Å². The zero-order chi connectivity index (χ0) is 30.8. The highest BCUT2D eigenvalue weighted by Crippen LogP contribution is 2.37. The van der Waals surface area contributed by atoms with Gasteiger partial charge in [0.2, 0.25) is 0 Å². The van der Waals surface area contributed by atoms with Crippen LogP contribution in [0, 0.1) is 0 Å². The minimum Gasteiger partial charge on any atom is -0.445 e. The first-order valence-electron chi connectivity index (χ1n) is 14.1. The fourth-order valence-corrected chi connectivity index (χ4v) is 4.89. The highest BCUT2D eigenvalue weighted by atomic mass is 28.4. The van der Waals surface area contributed by atoms with E-state index >= 15 is 0 Å². The Balaban J connectivity index is 1.58. The maximum Gasteiger partial charge on any atom is 0.407 e. The van der Waals surface area contributed by atoms with Gasteiger partial charge in [0.05, 0.1) is 13.2 Å². The zero-order valence-corrected chi connectivity index (χ0v) is 25.9. The Morgan fingerprint density at radius 1 is 0.881 bits per heavy atom. The summed E-state index contributed by atoms with van der Waals surface area (Å²) in [5.41, 5.74) is 1.64. The van der Waals surface area contributed by atoms with Gasteiger partial charge >= 0.3 is 12.2 Å². The van der Waals surface area contributed by atoms with Gasteiger partial charge in [0, 0.05) is 6.54 Å². The van der Waals surface area contributed by atoms with Gasteiger partial charge in [-0.3, -0.25) is 0 Å². The Hall–Kier alpha value is -3.00. The third kappa shape index (κ3) is 10.1. The molecule has 2 aromatic carbocycles. The SMILES string of the molecule is CC(C)(C)[Si](C)(C)OC[C@H]1O[C@H](OCCNC(=O)OCc2ccccc2)[C@@H](NC(=O)OCc2ccccc2)[C@@H](O)[C@@H]1O. The number of carbonyl (C=O) groups excluding carboxylic acids is 2. The van der Waals surface area contributed by atoms with Crippen molar-refractivity contribution in [1.82, 2.24) is 10.6 Å². The average Bonchev–Trinajstić information content (AvgIpc) is 2.96. The van der Waals surface area contributed by atoms with E-state index in [1.54, 1.807) is 0 Å². The Kier molecular flexibility index (Phi) is 12.3. The van der Waals surface area contributed by atoms with Crippen LogP contribution in [0.4, 0.5) is 9.59 Å². The number of aliphatic hydroxyl groups excluding tert-OH is 2. The lowest BCUT2D eigenvalue weighted by Crippen LogP contribution is -2.65. The van der Waals surface area contributed by atoms with E-state index in [0.717, 1.165) is 11.1 Å². The molecule has 4 N–H and O–H groups in total. The molecule has 1 aliphatic heterocycles. The van der Waals surface area contributed by atoms with Crippen molar-refractivity contribution in [2.24, 2.45) is 0 Å². The summed E-state index contributed by atoms with van der Waals surface area (Å²) in [5.74, 6) is 0. The molecule has 0 aliphatic carbocycles. The summed E-state index contributed by atoms with van der Waals surface area (Å²) in [5, 5.41) is 27.0. The second-order valence-electron chi connectivity index (χ2n) is 11.7. The van der Waals surface area contributed by atoms with E-state index in [9.17, 15) is 19.8 Å². The van der Waals surface area contributed by atoms with Crippen LogP contribution in [0.25, 0.3) is 0 Å². The Morgan fingerprint density at radius 2 is 1.43 bits per heavy atom. The molecule has 2 amide bonds. The molecular weight excluding hydrogens is 560 g/mol. The van der Waals surface area contributed by atoms with Gasteiger partial charge in [-0.1, -0.05) is 81.4 Å². The van der Waals surface area contributed by atoms with E-state index in [-0.39, 0.29) is 38.0 Å². The molecule has 0 aromatic heterocycles. The molecule has 12 heteroatoms. The highest BCUT2D eigenvalue weighted by Gasteiger charge is 2.47. The van der Waals surface area contributed by atoms with Gasteiger partial charge in [0.15, 0.2) is 14.6 Å². The number of benzene rings is 2. The molecule has 5 atom stereocenters. The van der Waals surface area contributed by atoms with Crippen molar-refractivity contribution in [3.63, 3.8) is 0 Å². The number of carbonyl (C=O) groups is 2. The third-order valence-corrected chi connectivity index (χ3v) is 12.0. The molecule has 42 heavy (non-hydrogen) atoms. The number of ether oxygens (including phenoxy) is 4. The van der Waals surface area contributed by atoms with Gasteiger partial charge in [-0.25, -0.2) is 9.59 Å². The molecule has 0 spiro atoms. The second-order valence-corrected chi connectivity index (χ2v) is 16.5. The molecule has 0 bridgehead atoms. The van der Waals surface area contributed by atoms with Crippen molar-refractivity contribution < 1.29 is 43.2 Å². The van der Waals surface area contributed by atoms with Gasteiger partial charge in [0.25, 0.3) is 0 Å². The molecule has 0 radical (unpaired) electrons. The van der Waals surface area contributed by atoms with Crippen molar-refractivity contribution in [3.05, 3.63) is 71.8 Å². The summed E-state index contributed by atoms with van der Waals surface area (Å²) in [7, 11) is -2.19. The lowest BCUT2D eigenvalue weighted by Gasteiger charge is -2.44. The second kappa shape index (κ2) is 15.5. The third-order valence-electron chi connectivity index (χ3n) is 7.48. The Morgan fingerprint density at radius 3 is 1.98 bits per heavy atom. The van der Waals surface area contributed by atoms with Crippen molar-refractivity contribution in [1.29, 1.82) is 0 Å². The molecule has 0 unspecified atom stereocenters. The predicted octanol–water partition coefficient (Wildman–Crippen LogP) is 3.69. The summed E-state index contributed by atoms with van der Waals surface area (Å²) in [4.78, 5) is 24.7. The predicted molar refractivity (Wildman–Crippen MR) is 158 cm³/mol. The number of rotatable bonds is 12. The van der Waals surface area contributed by atoms with Gasteiger partial charge in [-0.2, -0.15) is 0 Å². The summed E-state index contributed by atoms with van der Waals surface area (Å²) in [6.45, 7) is 10.6.